The quantitative estimate of drug-likeness (QED) is 0.872. The molecule has 3 rings (SSSR count). The van der Waals surface area contributed by atoms with E-state index in [-0.39, 0.29) is 12.1 Å². The lowest BCUT2D eigenvalue weighted by Crippen LogP contribution is -2.46. The van der Waals surface area contributed by atoms with Crippen molar-refractivity contribution in [3.8, 4) is 0 Å². The number of urea groups is 1. The number of carbonyl (C=O) groups excluding carboxylic acids is 1. The van der Waals surface area contributed by atoms with E-state index >= 15 is 0 Å². The molecule has 0 bridgehead atoms. The molecule has 1 atom stereocenters. The predicted molar refractivity (Wildman–Crippen MR) is 93.3 cm³/mol. The van der Waals surface area contributed by atoms with Crippen LogP contribution < -0.4 is 5.32 Å². The van der Waals surface area contributed by atoms with Crippen molar-refractivity contribution >= 4 is 40.6 Å². The van der Waals surface area contributed by atoms with Crippen LogP contribution in [0, 0.1) is 0 Å². The average Bonchev–Trinajstić information content (AvgIpc) is 3.09. The van der Waals surface area contributed by atoms with Gasteiger partial charge in [-0.15, -0.1) is 11.3 Å². The van der Waals surface area contributed by atoms with E-state index < -0.39 is 0 Å². The summed E-state index contributed by atoms with van der Waals surface area (Å²) in [4.78, 5) is 15.2. The molecule has 1 N–H and O–H groups in total. The summed E-state index contributed by atoms with van der Waals surface area (Å²) >= 11 is 13.6. The molecule has 0 spiro atoms. The molecule has 122 valence electrons. The van der Waals surface area contributed by atoms with Crippen LogP contribution in [0.5, 0.6) is 0 Å². The topological polar surface area (TPSA) is 41.6 Å². The van der Waals surface area contributed by atoms with Gasteiger partial charge in [-0.1, -0.05) is 35.3 Å². The van der Waals surface area contributed by atoms with Crippen LogP contribution in [0.2, 0.25) is 10.0 Å². The van der Waals surface area contributed by atoms with E-state index in [0.29, 0.717) is 36.3 Å². The molecule has 2 aromatic rings. The van der Waals surface area contributed by atoms with Crippen molar-refractivity contribution in [3.63, 3.8) is 0 Å². The third-order valence-corrected chi connectivity index (χ3v) is 5.28. The molecule has 0 aliphatic carbocycles. The van der Waals surface area contributed by atoms with Gasteiger partial charge in [-0.2, -0.15) is 0 Å². The van der Waals surface area contributed by atoms with E-state index in [0.717, 1.165) is 10.4 Å². The first-order chi connectivity index (χ1) is 11.1. The molecule has 1 aromatic heterocycles. The molecule has 1 fully saturated rings. The molecule has 7 heteroatoms. The van der Waals surface area contributed by atoms with Crippen LogP contribution in [0.15, 0.2) is 35.7 Å². The monoisotopic (exact) mass is 370 g/mol. The molecular weight excluding hydrogens is 355 g/mol. The molecule has 0 unspecified atom stereocenters. The molecular formula is C16H16Cl2N2O2S. The second-order valence-electron chi connectivity index (χ2n) is 5.22. The Labute approximate surface area is 149 Å². The number of nitrogens with one attached hydrogen (secondary N) is 1. The van der Waals surface area contributed by atoms with Gasteiger partial charge in [0.15, 0.2) is 0 Å². The van der Waals surface area contributed by atoms with Gasteiger partial charge in [0.1, 0.15) is 6.10 Å². The Kier molecular flexibility index (Phi) is 5.43. The standard InChI is InChI=1S/C16H16Cl2N2O2S/c17-13-4-3-11(8-14(13)18)15-10-20(5-6-22-15)16(21)19-9-12-2-1-7-23-12/h1-4,7-8,15H,5-6,9-10H2,(H,19,21)/t15-/m1/s1. The van der Waals surface area contributed by atoms with Crippen LogP contribution in [0.4, 0.5) is 4.79 Å². The number of halogens is 2. The Morgan fingerprint density at radius 3 is 2.96 bits per heavy atom. The summed E-state index contributed by atoms with van der Waals surface area (Å²) in [6.07, 6.45) is -0.189. The summed E-state index contributed by atoms with van der Waals surface area (Å²) in [6, 6.07) is 9.32. The highest BCUT2D eigenvalue weighted by molar-refractivity contribution is 7.09. The Hall–Kier alpha value is -1.27. The summed E-state index contributed by atoms with van der Waals surface area (Å²) in [5.74, 6) is 0. The van der Waals surface area contributed by atoms with Crippen molar-refractivity contribution in [1.29, 1.82) is 0 Å². The molecule has 0 saturated carbocycles. The fraction of sp³-hybridized carbons (Fsp3) is 0.312. The fourth-order valence-electron chi connectivity index (χ4n) is 2.44. The minimum atomic E-state index is -0.189. The minimum absolute atomic E-state index is 0.0771. The van der Waals surface area contributed by atoms with Crippen LogP contribution in [0.3, 0.4) is 0 Å². The molecule has 2 heterocycles. The van der Waals surface area contributed by atoms with E-state index in [4.69, 9.17) is 27.9 Å². The number of rotatable bonds is 3. The Bertz CT molecular complexity index is 679. The highest BCUT2D eigenvalue weighted by Gasteiger charge is 2.25. The van der Waals surface area contributed by atoms with Gasteiger partial charge < -0.3 is 15.0 Å². The first-order valence-electron chi connectivity index (χ1n) is 7.25. The molecule has 1 saturated heterocycles. The molecule has 2 amide bonds. The highest BCUT2D eigenvalue weighted by Crippen LogP contribution is 2.29. The van der Waals surface area contributed by atoms with Gasteiger partial charge in [-0.3, -0.25) is 0 Å². The number of amides is 2. The largest absolute Gasteiger partial charge is 0.370 e. The second-order valence-corrected chi connectivity index (χ2v) is 7.06. The Morgan fingerprint density at radius 2 is 2.22 bits per heavy atom. The van der Waals surface area contributed by atoms with Crippen molar-refractivity contribution in [3.05, 3.63) is 56.2 Å². The number of carbonyl (C=O) groups is 1. The predicted octanol–water partition coefficient (Wildman–Crippen LogP) is 4.34. The summed E-state index contributed by atoms with van der Waals surface area (Å²) in [5.41, 5.74) is 0.926. The van der Waals surface area contributed by atoms with Crippen LogP contribution in [0.1, 0.15) is 16.5 Å². The first-order valence-corrected chi connectivity index (χ1v) is 8.89. The van der Waals surface area contributed by atoms with Gasteiger partial charge in [0.05, 0.1) is 29.7 Å². The van der Waals surface area contributed by atoms with Gasteiger partial charge in [-0.05, 0) is 29.1 Å². The molecule has 1 aromatic carbocycles. The third-order valence-electron chi connectivity index (χ3n) is 3.66. The minimum Gasteiger partial charge on any atom is -0.370 e. The average molecular weight is 371 g/mol. The van der Waals surface area contributed by atoms with Gasteiger partial charge in [0, 0.05) is 11.4 Å². The van der Waals surface area contributed by atoms with Crippen molar-refractivity contribution in [1.82, 2.24) is 10.2 Å². The summed E-state index contributed by atoms with van der Waals surface area (Å²) in [6.45, 7) is 2.12. The van der Waals surface area contributed by atoms with Crippen molar-refractivity contribution in [2.24, 2.45) is 0 Å². The maximum atomic E-state index is 12.3. The number of benzene rings is 1. The SMILES string of the molecule is O=C(NCc1cccs1)N1CCO[C@@H](c2ccc(Cl)c(Cl)c2)C1. The van der Waals surface area contributed by atoms with E-state index in [2.05, 4.69) is 5.32 Å². The number of hydrogen-bond acceptors (Lipinski definition) is 3. The lowest BCUT2D eigenvalue weighted by Gasteiger charge is -2.33. The lowest BCUT2D eigenvalue weighted by atomic mass is 10.1. The van der Waals surface area contributed by atoms with Crippen molar-refractivity contribution in [2.75, 3.05) is 19.7 Å². The fourth-order valence-corrected chi connectivity index (χ4v) is 3.39. The van der Waals surface area contributed by atoms with E-state index in [1.54, 1.807) is 28.4 Å². The number of thiophene rings is 1. The molecule has 1 aliphatic rings. The normalized spacial score (nSPS) is 18.0. The van der Waals surface area contributed by atoms with E-state index in [1.807, 2.05) is 23.6 Å². The van der Waals surface area contributed by atoms with Crippen LogP contribution in [0.25, 0.3) is 0 Å². The summed E-state index contributed by atoms with van der Waals surface area (Å²) < 4.78 is 5.77. The van der Waals surface area contributed by atoms with Crippen LogP contribution in [-0.4, -0.2) is 30.6 Å². The Balaban J connectivity index is 1.60. The molecule has 23 heavy (non-hydrogen) atoms. The van der Waals surface area contributed by atoms with Crippen LogP contribution >= 0.6 is 34.5 Å². The summed E-state index contributed by atoms with van der Waals surface area (Å²) in [7, 11) is 0. The maximum Gasteiger partial charge on any atom is 0.317 e. The number of ether oxygens (including phenoxy) is 1. The first kappa shape index (κ1) is 16.6. The second kappa shape index (κ2) is 7.53. The van der Waals surface area contributed by atoms with Gasteiger partial charge in [0.25, 0.3) is 0 Å². The van der Waals surface area contributed by atoms with Gasteiger partial charge >= 0.3 is 6.03 Å². The maximum absolute atomic E-state index is 12.3. The van der Waals surface area contributed by atoms with Gasteiger partial charge in [-0.25, -0.2) is 4.79 Å². The van der Waals surface area contributed by atoms with E-state index in [9.17, 15) is 4.79 Å². The zero-order chi connectivity index (χ0) is 16.2. The van der Waals surface area contributed by atoms with E-state index in [1.165, 1.54) is 0 Å². The number of morpholine rings is 1. The molecule has 0 radical (unpaired) electrons. The molecule has 4 nitrogen and oxygen atoms in total. The number of hydrogen-bond donors (Lipinski definition) is 1. The van der Waals surface area contributed by atoms with Crippen molar-refractivity contribution < 1.29 is 9.53 Å². The van der Waals surface area contributed by atoms with Crippen molar-refractivity contribution in [2.45, 2.75) is 12.6 Å². The van der Waals surface area contributed by atoms with Gasteiger partial charge in [0.2, 0.25) is 0 Å². The zero-order valence-corrected chi connectivity index (χ0v) is 14.6. The number of nitrogens with zero attached hydrogens (tertiary/aromatic N) is 1. The third kappa shape index (κ3) is 4.18. The smallest absolute Gasteiger partial charge is 0.317 e. The summed E-state index contributed by atoms with van der Waals surface area (Å²) in [5, 5.41) is 5.94. The Morgan fingerprint density at radius 1 is 1.35 bits per heavy atom. The molecule has 1 aliphatic heterocycles. The van der Waals surface area contributed by atoms with Crippen LogP contribution in [-0.2, 0) is 11.3 Å². The lowest BCUT2D eigenvalue weighted by molar-refractivity contribution is -0.0154. The zero-order valence-electron chi connectivity index (χ0n) is 12.3. The highest BCUT2D eigenvalue weighted by atomic mass is 35.5.